The molecule has 0 aliphatic heterocycles. The molecule has 1 N–H and O–H groups in total. The zero-order valence-electron chi connectivity index (χ0n) is 10.5. The van der Waals surface area contributed by atoms with E-state index in [0.717, 1.165) is 5.56 Å². The van der Waals surface area contributed by atoms with Crippen LogP contribution in [0.15, 0.2) is 58.7 Å². The second-order valence-electron chi connectivity index (χ2n) is 4.28. The first-order valence-electron chi connectivity index (χ1n) is 5.95. The zero-order valence-corrected chi connectivity index (χ0v) is 12.0. The van der Waals surface area contributed by atoms with Crippen LogP contribution in [0.4, 0.5) is 0 Å². The van der Waals surface area contributed by atoms with Crippen molar-refractivity contribution >= 4 is 28.9 Å². The quantitative estimate of drug-likeness (QED) is 0.494. The van der Waals surface area contributed by atoms with Gasteiger partial charge in [-0.25, -0.2) is 0 Å². The van der Waals surface area contributed by atoms with Crippen LogP contribution in [0.2, 0.25) is 5.02 Å². The van der Waals surface area contributed by atoms with Crippen LogP contribution in [0.25, 0.3) is 0 Å². The lowest BCUT2D eigenvalue weighted by Gasteiger charge is -2.04. The van der Waals surface area contributed by atoms with Gasteiger partial charge in [0, 0.05) is 36.1 Å². The molecule has 1 aliphatic rings. The third kappa shape index (κ3) is 3.54. The molecule has 0 fully saturated rings. The van der Waals surface area contributed by atoms with Crippen LogP contribution in [0.5, 0.6) is 0 Å². The van der Waals surface area contributed by atoms with E-state index in [0.29, 0.717) is 27.6 Å². The van der Waals surface area contributed by atoms with Crippen LogP contribution in [-0.2, 0) is 6.42 Å². The Kier molecular flexibility index (Phi) is 4.68. The van der Waals surface area contributed by atoms with Crippen molar-refractivity contribution in [3.8, 4) is 6.07 Å². The van der Waals surface area contributed by atoms with Gasteiger partial charge in [0.25, 0.3) is 0 Å². The normalized spacial score (nSPS) is 15.9. The maximum Gasteiger partial charge on any atom is 0.159 e. The molecule has 1 aliphatic carbocycles. The van der Waals surface area contributed by atoms with Gasteiger partial charge in [-0.1, -0.05) is 23.7 Å². The summed E-state index contributed by atoms with van der Waals surface area (Å²) in [5.41, 5.74) is 2.28. The monoisotopic (exact) mass is 301 g/mol. The summed E-state index contributed by atoms with van der Waals surface area (Å²) in [4.78, 5) is 0. The predicted octanol–water partition coefficient (Wildman–Crippen LogP) is 4.62. The molecule has 98 valence electrons. The van der Waals surface area contributed by atoms with Crippen molar-refractivity contribution < 1.29 is 0 Å². The van der Waals surface area contributed by atoms with E-state index < -0.39 is 0 Å². The molecule has 0 heterocycles. The highest BCUT2D eigenvalue weighted by Crippen LogP contribution is 2.21. The molecule has 0 atom stereocenters. The van der Waals surface area contributed by atoms with E-state index in [-0.39, 0.29) is 5.71 Å². The number of halogens is 2. The van der Waals surface area contributed by atoms with Crippen molar-refractivity contribution in [3.63, 3.8) is 0 Å². The SMILES string of the molecule is N#CC(C(=N)Cc1ccc(Cl)cc1)=C1C=CC(Cl)=C[CH+]1. The third-order valence-electron chi connectivity index (χ3n) is 2.84. The van der Waals surface area contributed by atoms with E-state index in [1.54, 1.807) is 36.8 Å². The molecule has 20 heavy (non-hydrogen) atoms. The molecule has 1 aromatic rings. The zero-order chi connectivity index (χ0) is 14.5. The van der Waals surface area contributed by atoms with Gasteiger partial charge < -0.3 is 0 Å². The van der Waals surface area contributed by atoms with Crippen LogP contribution < -0.4 is 0 Å². The molecule has 0 radical (unpaired) electrons. The Hall–Kier alpha value is -1.95. The molecule has 2 rings (SSSR count). The first-order chi connectivity index (χ1) is 9.60. The van der Waals surface area contributed by atoms with E-state index in [1.807, 2.05) is 12.1 Å². The van der Waals surface area contributed by atoms with Gasteiger partial charge in [0.1, 0.15) is 10.6 Å². The maximum absolute atomic E-state index is 9.26. The van der Waals surface area contributed by atoms with Crippen molar-refractivity contribution in [1.29, 1.82) is 10.7 Å². The first kappa shape index (κ1) is 14.5. The minimum absolute atomic E-state index is 0.275. The Bertz CT molecular complexity index is 659. The highest BCUT2D eigenvalue weighted by Gasteiger charge is 2.19. The molecular formula is C16H11Cl2N2+. The number of nitrogens with zero attached hydrogens (tertiary/aromatic N) is 1. The fourth-order valence-electron chi connectivity index (χ4n) is 1.82. The third-order valence-corrected chi connectivity index (χ3v) is 3.34. The summed E-state index contributed by atoms with van der Waals surface area (Å²) in [5.74, 6) is 0. The van der Waals surface area contributed by atoms with Gasteiger partial charge in [0.15, 0.2) is 11.6 Å². The molecule has 0 spiro atoms. The van der Waals surface area contributed by atoms with Crippen LogP contribution >= 0.6 is 23.2 Å². The van der Waals surface area contributed by atoms with E-state index in [9.17, 15) is 5.26 Å². The number of nitrogens with one attached hydrogen (secondary N) is 1. The second-order valence-corrected chi connectivity index (χ2v) is 5.15. The highest BCUT2D eigenvalue weighted by molar-refractivity contribution is 6.31. The molecule has 0 amide bonds. The molecule has 0 bridgehead atoms. The Morgan fingerprint density at radius 1 is 1.20 bits per heavy atom. The lowest BCUT2D eigenvalue weighted by atomic mass is 9.95. The summed E-state index contributed by atoms with van der Waals surface area (Å²) in [6, 6.07) is 9.35. The molecule has 0 saturated heterocycles. The fraction of sp³-hybridized carbons (Fsp3) is 0.0625. The van der Waals surface area contributed by atoms with Crippen molar-refractivity contribution in [1.82, 2.24) is 0 Å². The van der Waals surface area contributed by atoms with Gasteiger partial charge in [-0.05, 0) is 29.3 Å². The average molecular weight is 302 g/mol. The predicted molar refractivity (Wildman–Crippen MR) is 82.9 cm³/mol. The number of hydrogen-bond acceptors (Lipinski definition) is 2. The second kappa shape index (κ2) is 6.47. The van der Waals surface area contributed by atoms with Gasteiger partial charge >= 0.3 is 0 Å². The number of hydrogen-bond donors (Lipinski definition) is 1. The smallest absolute Gasteiger partial charge is 0.159 e. The number of allylic oxidation sites excluding steroid dienone is 6. The van der Waals surface area contributed by atoms with E-state index in [1.165, 1.54) is 0 Å². The van der Waals surface area contributed by atoms with Crippen LogP contribution in [0.3, 0.4) is 0 Å². The Morgan fingerprint density at radius 3 is 2.45 bits per heavy atom. The summed E-state index contributed by atoms with van der Waals surface area (Å²) in [6.45, 7) is 0. The number of nitriles is 1. The largest absolute Gasteiger partial charge is 0.293 e. The van der Waals surface area contributed by atoms with Crippen LogP contribution in [-0.4, -0.2) is 5.71 Å². The summed E-state index contributed by atoms with van der Waals surface area (Å²) < 4.78 is 0. The summed E-state index contributed by atoms with van der Waals surface area (Å²) in [6.07, 6.45) is 7.31. The van der Waals surface area contributed by atoms with Crippen LogP contribution in [0, 0.1) is 23.2 Å². The molecular weight excluding hydrogens is 291 g/mol. The summed E-state index contributed by atoms with van der Waals surface area (Å²) >= 11 is 11.7. The minimum atomic E-state index is 0.275. The van der Waals surface area contributed by atoms with Crippen molar-refractivity contribution in [3.05, 3.63) is 75.7 Å². The summed E-state index contributed by atoms with van der Waals surface area (Å²) in [5, 5.41) is 18.6. The maximum atomic E-state index is 9.26. The molecule has 2 nitrogen and oxygen atoms in total. The van der Waals surface area contributed by atoms with E-state index in [2.05, 4.69) is 6.07 Å². The lowest BCUT2D eigenvalue weighted by molar-refractivity contribution is 1.27. The highest BCUT2D eigenvalue weighted by atomic mass is 35.5. The number of benzene rings is 1. The van der Waals surface area contributed by atoms with Gasteiger partial charge in [0.05, 0.1) is 5.71 Å². The number of rotatable bonds is 3. The molecule has 4 heteroatoms. The summed E-state index contributed by atoms with van der Waals surface area (Å²) in [7, 11) is 0. The minimum Gasteiger partial charge on any atom is -0.293 e. The Morgan fingerprint density at radius 2 is 1.90 bits per heavy atom. The van der Waals surface area contributed by atoms with Gasteiger partial charge in [0.2, 0.25) is 0 Å². The first-order valence-corrected chi connectivity index (χ1v) is 6.71. The topological polar surface area (TPSA) is 47.6 Å². The van der Waals surface area contributed by atoms with Crippen LogP contribution in [0.1, 0.15) is 5.56 Å². The average Bonchev–Trinajstić information content (AvgIpc) is 2.44. The lowest BCUT2D eigenvalue weighted by Crippen LogP contribution is -2.07. The van der Waals surface area contributed by atoms with Crippen molar-refractivity contribution in [2.45, 2.75) is 6.42 Å². The van der Waals surface area contributed by atoms with Gasteiger partial charge in [-0.3, -0.25) is 5.41 Å². The van der Waals surface area contributed by atoms with Crippen molar-refractivity contribution in [2.24, 2.45) is 0 Å². The van der Waals surface area contributed by atoms with Crippen molar-refractivity contribution in [2.75, 3.05) is 0 Å². The standard InChI is InChI=1S/C16H11Cl2N2/c17-13-5-1-11(2-6-13)9-16(20)15(10-19)12-3-7-14(18)8-4-12/h1-8,20H,9H2/q+1. The van der Waals surface area contributed by atoms with Gasteiger partial charge in [-0.15, -0.1) is 0 Å². The molecule has 0 saturated carbocycles. The van der Waals surface area contributed by atoms with E-state index in [4.69, 9.17) is 28.6 Å². The molecule has 1 aromatic carbocycles. The Balaban J connectivity index is 2.19. The van der Waals surface area contributed by atoms with Gasteiger partial charge in [-0.2, -0.15) is 5.26 Å². The fourth-order valence-corrected chi connectivity index (χ4v) is 2.07. The van der Waals surface area contributed by atoms with E-state index >= 15 is 0 Å². The molecule has 0 unspecified atom stereocenters. The molecule has 0 aromatic heterocycles. The Labute approximate surface area is 128 Å².